The van der Waals surface area contributed by atoms with Crippen molar-refractivity contribution in [2.24, 2.45) is 0 Å². The highest BCUT2D eigenvalue weighted by Gasteiger charge is 2.03. The van der Waals surface area contributed by atoms with Gasteiger partial charge in [0.2, 0.25) is 10.0 Å². The summed E-state index contributed by atoms with van der Waals surface area (Å²) in [6.07, 6.45) is 1.11. The van der Waals surface area contributed by atoms with Gasteiger partial charge in [0.05, 0.1) is 13.4 Å². The van der Waals surface area contributed by atoms with Gasteiger partial charge >= 0.3 is 0 Å². The van der Waals surface area contributed by atoms with Crippen molar-refractivity contribution in [1.29, 1.82) is 0 Å². The Morgan fingerprint density at radius 2 is 2.06 bits per heavy atom. The van der Waals surface area contributed by atoms with Gasteiger partial charge in [-0.15, -0.1) is 0 Å². The maximum Gasteiger partial charge on any atom is 0.208 e. The van der Waals surface area contributed by atoms with Gasteiger partial charge in [0, 0.05) is 25.2 Å². The topological polar surface area (TPSA) is 87.7 Å². The molecular weight excluding hydrogens is 256 g/mol. The Bertz CT molecular complexity index is 488. The Balaban J connectivity index is 2.39. The number of methoxy groups -OCH3 is 1. The molecular formula is C11H18N2O4S. The van der Waals surface area contributed by atoms with Crippen molar-refractivity contribution < 1.29 is 18.3 Å². The minimum Gasteiger partial charge on any atom is -0.508 e. The minimum atomic E-state index is -3.15. The summed E-state index contributed by atoms with van der Waals surface area (Å²) in [4.78, 5) is 0. The predicted molar refractivity (Wildman–Crippen MR) is 69.2 cm³/mol. The SMILES string of the molecule is COc1ccc(O)c(CNCCNS(C)(=O)=O)c1. The Morgan fingerprint density at radius 3 is 2.67 bits per heavy atom. The van der Waals surface area contributed by atoms with E-state index in [-0.39, 0.29) is 5.75 Å². The lowest BCUT2D eigenvalue weighted by Crippen LogP contribution is -2.30. The van der Waals surface area contributed by atoms with Crippen molar-refractivity contribution in [3.8, 4) is 11.5 Å². The van der Waals surface area contributed by atoms with E-state index in [4.69, 9.17) is 4.74 Å². The first-order valence-electron chi connectivity index (χ1n) is 5.43. The highest BCUT2D eigenvalue weighted by Crippen LogP contribution is 2.22. The molecule has 7 heteroatoms. The number of aromatic hydroxyl groups is 1. The zero-order valence-corrected chi connectivity index (χ0v) is 11.3. The van der Waals surface area contributed by atoms with Crippen molar-refractivity contribution in [2.45, 2.75) is 6.54 Å². The standard InChI is InChI=1S/C11H18N2O4S/c1-17-10-3-4-11(14)9(7-10)8-12-5-6-13-18(2,15)16/h3-4,7,12-14H,5-6,8H2,1-2H3. The third-order valence-corrected chi connectivity index (χ3v) is 3.00. The Hall–Kier alpha value is -1.31. The summed E-state index contributed by atoms with van der Waals surface area (Å²) in [5.41, 5.74) is 0.703. The number of hydrogen-bond donors (Lipinski definition) is 3. The van der Waals surface area contributed by atoms with Gasteiger partial charge in [-0.2, -0.15) is 0 Å². The van der Waals surface area contributed by atoms with Crippen molar-refractivity contribution in [3.63, 3.8) is 0 Å². The first-order valence-corrected chi connectivity index (χ1v) is 7.33. The summed E-state index contributed by atoms with van der Waals surface area (Å²) in [6, 6.07) is 4.96. The van der Waals surface area contributed by atoms with E-state index in [0.29, 0.717) is 30.9 Å². The zero-order chi connectivity index (χ0) is 13.6. The Morgan fingerprint density at radius 1 is 1.33 bits per heavy atom. The number of ether oxygens (including phenoxy) is 1. The van der Waals surface area contributed by atoms with Crippen LogP contribution in [0.2, 0.25) is 0 Å². The first-order chi connectivity index (χ1) is 8.42. The second kappa shape index (κ2) is 6.58. The molecule has 0 spiro atoms. The van der Waals surface area contributed by atoms with E-state index in [1.54, 1.807) is 25.3 Å². The molecule has 6 nitrogen and oxygen atoms in total. The molecule has 0 atom stereocenters. The number of sulfonamides is 1. The molecule has 0 bridgehead atoms. The average Bonchev–Trinajstić information content (AvgIpc) is 2.29. The van der Waals surface area contributed by atoms with Crippen LogP contribution in [0.25, 0.3) is 0 Å². The molecule has 0 aromatic heterocycles. The molecule has 0 unspecified atom stereocenters. The van der Waals surface area contributed by atoms with Crippen LogP contribution in [-0.4, -0.2) is 40.0 Å². The molecule has 1 aromatic carbocycles. The lowest BCUT2D eigenvalue weighted by atomic mass is 10.2. The van der Waals surface area contributed by atoms with E-state index < -0.39 is 10.0 Å². The van der Waals surface area contributed by atoms with E-state index in [0.717, 1.165) is 6.26 Å². The molecule has 1 aromatic rings. The number of rotatable bonds is 7. The number of nitrogens with one attached hydrogen (secondary N) is 2. The van der Waals surface area contributed by atoms with E-state index in [1.807, 2.05) is 0 Å². The number of phenols is 1. The van der Waals surface area contributed by atoms with Gasteiger partial charge in [-0.3, -0.25) is 0 Å². The van der Waals surface area contributed by atoms with Crippen LogP contribution in [-0.2, 0) is 16.6 Å². The van der Waals surface area contributed by atoms with Gasteiger partial charge in [-0.1, -0.05) is 0 Å². The zero-order valence-electron chi connectivity index (χ0n) is 10.4. The average molecular weight is 274 g/mol. The Kier molecular flexibility index (Phi) is 5.39. The van der Waals surface area contributed by atoms with Crippen LogP contribution >= 0.6 is 0 Å². The van der Waals surface area contributed by atoms with E-state index in [9.17, 15) is 13.5 Å². The maximum atomic E-state index is 10.8. The maximum absolute atomic E-state index is 10.8. The van der Waals surface area contributed by atoms with Gasteiger partial charge in [0.25, 0.3) is 0 Å². The molecule has 0 aliphatic rings. The van der Waals surface area contributed by atoms with Crippen molar-refractivity contribution in [1.82, 2.24) is 10.0 Å². The fourth-order valence-corrected chi connectivity index (χ4v) is 1.85. The lowest BCUT2D eigenvalue weighted by molar-refractivity contribution is 0.410. The molecule has 1 rings (SSSR count). The van der Waals surface area contributed by atoms with Crippen LogP contribution in [0.3, 0.4) is 0 Å². The van der Waals surface area contributed by atoms with E-state index in [1.165, 1.54) is 0 Å². The molecule has 18 heavy (non-hydrogen) atoms. The van der Waals surface area contributed by atoms with Gasteiger partial charge in [0.1, 0.15) is 11.5 Å². The minimum absolute atomic E-state index is 0.180. The Labute approximate surface area is 107 Å². The van der Waals surface area contributed by atoms with Crippen LogP contribution in [0.1, 0.15) is 5.56 Å². The monoisotopic (exact) mass is 274 g/mol. The normalized spacial score (nSPS) is 11.4. The van der Waals surface area contributed by atoms with Crippen LogP contribution in [0.5, 0.6) is 11.5 Å². The van der Waals surface area contributed by atoms with Crippen molar-refractivity contribution in [2.75, 3.05) is 26.5 Å². The number of phenolic OH excluding ortho intramolecular Hbond substituents is 1. The lowest BCUT2D eigenvalue weighted by Gasteiger charge is -2.09. The van der Waals surface area contributed by atoms with Crippen LogP contribution in [0.4, 0.5) is 0 Å². The smallest absolute Gasteiger partial charge is 0.208 e. The molecule has 0 radical (unpaired) electrons. The third kappa shape index (κ3) is 5.35. The molecule has 0 aliphatic carbocycles. The number of hydrogen-bond acceptors (Lipinski definition) is 5. The summed E-state index contributed by atoms with van der Waals surface area (Å²) in [6.45, 7) is 1.22. The summed E-state index contributed by atoms with van der Waals surface area (Å²) >= 11 is 0. The molecule has 0 saturated carbocycles. The highest BCUT2D eigenvalue weighted by molar-refractivity contribution is 7.88. The molecule has 0 aliphatic heterocycles. The fourth-order valence-electron chi connectivity index (χ4n) is 1.38. The highest BCUT2D eigenvalue weighted by atomic mass is 32.2. The molecule has 0 fully saturated rings. The largest absolute Gasteiger partial charge is 0.508 e. The van der Waals surface area contributed by atoms with Gasteiger partial charge in [-0.05, 0) is 18.2 Å². The van der Waals surface area contributed by atoms with Crippen molar-refractivity contribution >= 4 is 10.0 Å². The number of benzene rings is 1. The van der Waals surface area contributed by atoms with Crippen LogP contribution < -0.4 is 14.8 Å². The van der Waals surface area contributed by atoms with Gasteiger partial charge < -0.3 is 15.2 Å². The summed E-state index contributed by atoms with van der Waals surface area (Å²) in [7, 11) is -1.59. The molecule has 0 heterocycles. The van der Waals surface area contributed by atoms with Gasteiger partial charge in [-0.25, -0.2) is 13.1 Å². The van der Waals surface area contributed by atoms with E-state index >= 15 is 0 Å². The van der Waals surface area contributed by atoms with E-state index in [2.05, 4.69) is 10.0 Å². The summed E-state index contributed by atoms with van der Waals surface area (Å²) in [5.74, 6) is 0.846. The quantitative estimate of drug-likeness (QED) is 0.611. The summed E-state index contributed by atoms with van der Waals surface area (Å²) < 4.78 is 29.0. The van der Waals surface area contributed by atoms with Gasteiger partial charge in [0.15, 0.2) is 0 Å². The molecule has 0 amide bonds. The fraction of sp³-hybridized carbons (Fsp3) is 0.455. The van der Waals surface area contributed by atoms with Crippen molar-refractivity contribution in [3.05, 3.63) is 23.8 Å². The molecule has 0 saturated heterocycles. The molecule has 3 N–H and O–H groups in total. The first kappa shape index (κ1) is 14.7. The summed E-state index contributed by atoms with van der Waals surface area (Å²) in [5, 5.41) is 12.6. The van der Waals surface area contributed by atoms with Crippen LogP contribution in [0.15, 0.2) is 18.2 Å². The third-order valence-electron chi connectivity index (χ3n) is 2.27. The molecule has 102 valence electrons. The van der Waals surface area contributed by atoms with Crippen LogP contribution in [0, 0.1) is 0 Å². The second-order valence-electron chi connectivity index (χ2n) is 3.84. The predicted octanol–water partition coefficient (Wildman–Crippen LogP) is 0.0396. The second-order valence-corrected chi connectivity index (χ2v) is 5.67.